The topological polar surface area (TPSA) is 51.7 Å². The zero-order valence-electron chi connectivity index (χ0n) is 18.2. The number of hydrogen-bond donors (Lipinski definition) is 0. The maximum atomic E-state index is 7.25. The van der Waals surface area contributed by atoms with Crippen molar-refractivity contribution in [2.75, 3.05) is 6.54 Å². The van der Waals surface area contributed by atoms with Crippen LogP contribution in [-0.2, 0) is 20.4 Å². The SMILES string of the molecule is C1CCCC1.[C-]1=NCC=C1.[N-]=O.[Re].c1ccc(P(c2ccccc2)c2ccccc2)cc1. The number of nitroso groups, excluding NO2 is 1. The first-order chi connectivity index (χ1) is 15.4. The first-order valence-electron chi connectivity index (χ1n) is 10.7. The molecule has 0 amide bonds. The van der Waals surface area contributed by atoms with Crippen LogP contribution in [0.5, 0.6) is 0 Å². The summed E-state index contributed by atoms with van der Waals surface area (Å²) in [5.41, 5.74) is 5.75. The van der Waals surface area contributed by atoms with Crippen LogP contribution in [0.2, 0.25) is 0 Å². The molecule has 3 aromatic rings. The minimum Gasteiger partial charge on any atom is -0.577 e. The molecule has 167 valence electrons. The normalized spacial score (nSPS) is 12.9. The van der Waals surface area contributed by atoms with Crippen LogP contribution in [0.1, 0.15) is 32.1 Å². The Balaban J connectivity index is 0.000000323. The van der Waals surface area contributed by atoms with Gasteiger partial charge in [0, 0.05) is 20.4 Å². The second kappa shape index (κ2) is 18.3. The van der Waals surface area contributed by atoms with Crippen LogP contribution in [0, 0.1) is 4.91 Å². The van der Waals surface area contributed by atoms with Gasteiger partial charge in [-0.3, -0.25) is 0 Å². The molecule has 3 aromatic carbocycles. The summed E-state index contributed by atoms with van der Waals surface area (Å²) < 4.78 is 0. The minimum atomic E-state index is -0.446. The summed E-state index contributed by atoms with van der Waals surface area (Å²) in [7, 11) is -0.446. The van der Waals surface area contributed by atoms with Gasteiger partial charge in [0.15, 0.2) is 0 Å². The van der Waals surface area contributed by atoms with E-state index in [1.54, 1.807) is 0 Å². The second-order valence-corrected chi connectivity index (χ2v) is 9.20. The van der Waals surface area contributed by atoms with E-state index in [1.807, 2.05) is 12.2 Å². The molecule has 0 spiro atoms. The van der Waals surface area contributed by atoms with Crippen molar-refractivity contribution in [2.45, 2.75) is 32.1 Å². The van der Waals surface area contributed by atoms with E-state index < -0.39 is 7.92 Å². The summed E-state index contributed by atoms with van der Waals surface area (Å²) >= 11 is 0. The van der Waals surface area contributed by atoms with Gasteiger partial charge in [-0.05, 0) is 30.4 Å². The molecule has 0 unspecified atom stereocenters. The fraction of sp³-hybridized carbons (Fsp3) is 0.222. The van der Waals surface area contributed by atoms with Gasteiger partial charge in [0.2, 0.25) is 0 Å². The predicted octanol–water partition coefficient (Wildman–Crippen LogP) is 6.22. The van der Waals surface area contributed by atoms with Crippen molar-refractivity contribution in [1.82, 2.24) is 0 Å². The standard InChI is InChI=1S/C18H15P.C5H10.C4H4N.NO.Re/c1-4-10-16(11-5-1)19(17-12-6-2-7-13-17)18-14-8-3-9-15-18;2*1-2-4-5-3-1;1-2;/h1-15H;1-5H2;1-2H,3H2;;/q;;2*-1;. The van der Waals surface area contributed by atoms with Crippen molar-refractivity contribution in [3.8, 4) is 0 Å². The van der Waals surface area contributed by atoms with Gasteiger partial charge in [-0.25, -0.2) is 12.2 Å². The Morgan fingerprint density at radius 3 is 1.19 bits per heavy atom. The van der Waals surface area contributed by atoms with E-state index in [2.05, 4.69) is 102 Å². The van der Waals surface area contributed by atoms with Gasteiger partial charge in [-0.2, -0.15) is 6.21 Å². The van der Waals surface area contributed by atoms with Crippen LogP contribution in [0.15, 0.2) is 108 Å². The molecule has 0 atom stereocenters. The molecule has 1 heterocycles. The Bertz CT molecular complexity index is 774. The summed E-state index contributed by atoms with van der Waals surface area (Å²) in [6.45, 7) is 0.833. The molecule has 5 heteroatoms. The van der Waals surface area contributed by atoms with Crippen LogP contribution in [0.3, 0.4) is 0 Å². The van der Waals surface area contributed by atoms with E-state index >= 15 is 0 Å². The fourth-order valence-corrected chi connectivity index (χ4v) is 5.63. The predicted molar refractivity (Wildman–Crippen MR) is 136 cm³/mol. The molecular weight excluding hydrogens is 585 g/mol. The smallest absolute Gasteiger partial charge is 0 e. The quantitative estimate of drug-likeness (QED) is 0.255. The van der Waals surface area contributed by atoms with Crippen molar-refractivity contribution < 1.29 is 20.4 Å². The van der Waals surface area contributed by atoms with Crippen LogP contribution in [0.25, 0.3) is 5.59 Å². The molecule has 0 bridgehead atoms. The Hall–Kier alpha value is -2.24. The summed E-state index contributed by atoms with van der Waals surface area (Å²) in [5, 5.41) is 4.19. The Kier molecular flexibility index (Phi) is 15.9. The third kappa shape index (κ3) is 10.4. The third-order valence-electron chi connectivity index (χ3n) is 4.77. The van der Waals surface area contributed by atoms with Crippen LogP contribution < -0.4 is 15.9 Å². The van der Waals surface area contributed by atoms with Gasteiger partial charge in [0.1, 0.15) is 0 Å². The second-order valence-electron chi connectivity index (χ2n) is 6.98. The molecule has 0 aromatic heterocycles. The average Bonchev–Trinajstić information content (AvgIpc) is 3.62. The van der Waals surface area contributed by atoms with E-state index in [4.69, 9.17) is 10.5 Å². The van der Waals surface area contributed by atoms with Crippen molar-refractivity contribution in [1.29, 1.82) is 0 Å². The number of allylic oxidation sites excluding steroid dienone is 1. The van der Waals surface area contributed by atoms with Gasteiger partial charge in [-0.15, -0.1) is 0 Å². The van der Waals surface area contributed by atoms with E-state index in [0.29, 0.717) is 0 Å². The Labute approximate surface area is 207 Å². The third-order valence-corrected chi connectivity index (χ3v) is 7.22. The molecular formula is C27H29N2OPRe-2. The molecule has 0 saturated heterocycles. The average molecular weight is 615 g/mol. The molecule has 1 fully saturated rings. The molecule has 1 saturated carbocycles. The van der Waals surface area contributed by atoms with E-state index in [1.165, 1.54) is 48.0 Å². The first kappa shape index (κ1) is 27.8. The van der Waals surface area contributed by atoms with Crippen LogP contribution in [0.4, 0.5) is 0 Å². The van der Waals surface area contributed by atoms with Crippen molar-refractivity contribution in [3.05, 3.63) is 114 Å². The monoisotopic (exact) mass is 615 g/mol. The molecule has 2 aliphatic rings. The Morgan fingerprint density at radius 2 is 0.969 bits per heavy atom. The number of benzene rings is 3. The zero-order valence-corrected chi connectivity index (χ0v) is 21.8. The zero-order chi connectivity index (χ0) is 22.0. The molecule has 3 nitrogen and oxygen atoms in total. The van der Waals surface area contributed by atoms with Gasteiger partial charge >= 0.3 is 0 Å². The van der Waals surface area contributed by atoms with Gasteiger partial charge in [0.05, 0.1) is 0 Å². The Morgan fingerprint density at radius 1 is 0.625 bits per heavy atom. The largest absolute Gasteiger partial charge is 0.577 e. The van der Waals surface area contributed by atoms with E-state index in [0.717, 1.165) is 6.54 Å². The molecule has 0 N–H and O–H groups in total. The maximum Gasteiger partial charge on any atom is 0 e. The maximum absolute atomic E-state index is 7.25. The first-order valence-corrected chi connectivity index (χ1v) is 12.0. The summed E-state index contributed by atoms with van der Waals surface area (Å²) in [5.74, 6) is 0. The van der Waals surface area contributed by atoms with Crippen molar-refractivity contribution >= 4 is 30.0 Å². The number of hydrogen-bond acceptors (Lipinski definition) is 2. The molecule has 5 rings (SSSR count). The number of aliphatic imine (C=N–C) groups is 1. The van der Waals surface area contributed by atoms with E-state index in [-0.39, 0.29) is 20.4 Å². The fourth-order valence-electron chi connectivity index (χ4n) is 3.33. The number of nitrogens with zero attached hydrogens (tertiary/aromatic N) is 2. The summed E-state index contributed by atoms with van der Waals surface area (Å²) in [6, 6.07) is 32.3. The van der Waals surface area contributed by atoms with Crippen molar-refractivity contribution in [2.24, 2.45) is 4.99 Å². The van der Waals surface area contributed by atoms with Gasteiger partial charge < -0.3 is 15.5 Å². The minimum absolute atomic E-state index is 0. The molecule has 1 aliphatic heterocycles. The molecule has 1 radical (unpaired) electrons. The summed E-state index contributed by atoms with van der Waals surface area (Å²) in [4.78, 5) is 11.0. The molecule has 1 aliphatic carbocycles. The van der Waals surface area contributed by atoms with Crippen LogP contribution >= 0.6 is 7.92 Å². The summed E-state index contributed by atoms with van der Waals surface area (Å²) in [6.07, 6.45) is 13.9. The van der Waals surface area contributed by atoms with Crippen molar-refractivity contribution in [3.63, 3.8) is 0 Å². The van der Waals surface area contributed by atoms with Gasteiger partial charge in [-0.1, -0.05) is 123 Å². The van der Waals surface area contributed by atoms with Gasteiger partial charge in [0.25, 0.3) is 0 Å². The van der Waals surface area contributed by atoms with E-state index in [9.17, 15) is 0 Å². The molecule has 32 heavy (non-hydrogen) atoms. The number of rotatable bonds is 3. The van der Waals surface area contributed by atoms with Crippen LogP contribution in [-0.4, -0.2) is 12.8 Å².